The standard InChI is InChI=1S/C15H19N3O3/c1-10(2)21-12-6-4-11(5-7-12)16-9-14-13(15(19)20)8-17-18(14)3/h4-8,10,16H,9H2,1-3H3,(H,19,20). The average molecular weight is 289 g/mol. The van der Waals surface area contributed by atoms with Crippen LogP contribution in [0.1, 0.15) is 29.9 Å². The minimum atomic E-state index is -0.972. The van der Waals surface area contributed by atoms with E-state index < -0.39 is 5.97 Å². The minimum Gasteiger partial charge on any atom is -0.491 e. The van der Waals surface area contributed by atoms with Gasteiger partial charge in [0.15, 0.2) is 0 Å². The number of carboxylic acid groups (broad SMARTS) is 1. The molecule has 1 aromatic heterocycles. The van der Waals surface area contributed by atoms with E-state index in [1.165, 1.54) is 6.20 Å². The highest BCUT2D eigenvalue weighted by Gasteiger charge is 2.14. The van der Waals surface area contributed by atoms with E-state index in [1.807, 2.05) is 38.1 Å². The van der Waals surface area contributed by atoms with Crippen LogP contribution in [0.15, 0.2) is 30.5 Å². The molecular formula is C15H19N3O3. The van der Waals surface area contributed by atoms with Gasteiger partial charge in [0, 0.05) is 12.7 Å². The van der Waals surface area contributed by atoms with Gasteiger partial charge in [0.25, 0.3) is 0 Å². The molecule has 0 saturated carbocycles. The molecule has 6 heteroatoms. The summed E-state index contributed by atoms with van der Waals surface area (Å²) in [6, 6.07) is 7.55. The first-order chi connectivity index (χ1) is 9.97. The molecule has 0 aliphatic heterocycles. The van der Waals surface area contributed by atoms with E-state index in [1.54, 1.807) is 11.7 Å². The summed E-state index contributed by atoms with van der Waals surface area (Å²) in [7, 11) is 1.73. The molecule has 0 spiro atoms. The molecule has 0 saturated heterocycles. The Hall–Kier alpha value is -2.50. The van der Waals surface area contributed by atoms with Crippen molar-refractivity contribution in [3.8, 4) is 5.75 Å². The lowest BCUT2D eigenvalue weighted by atomic mass is 10.2. The largest absolute Gasteiger partial charge is 0.491 e. The van der Waals surface area contributed by atoms with Crippen LogP contribution in [-0.4, -0.2) is 27.0 Å². The van der Waals surface area contributed by atoms with Crippen molar-refractivity contribution in [3.05, 3.63) is 41.7 Å². The number of aryl methyl sites for hydroxylation is 1. The predicted octanol–water partition coefficient (Wildman–Crippen LogP) is 2.52. The molecule has 6 nitrogen and oxygen atoms in total. The third kappa shape index (κ3) is 3.75. The number of aromatic nitrogens is 2. The van der Waals surface area contributed by atoms with E-state index in [9.17, 15) is 4.79 Å². The number of hydrogen-bond donors (Lipinski definition) is 2. The molecule has 112 valence electrons. The topological polar surface area (TPSA) is 76.4 Å². The number of benzene rings is 1. The maximum Gasteiger partial charge on any atom is 0.339 e. The molecule has 0 radical (unpaired) electrons. The van der Waals surface area contributed by atoms with Crippen LogP contribution in [0.2, 0.25) is 0 Å². The number of nitrogens with zero attached hydrogens (tertiary/aromatic N) is 2. The minimum absolute atomic E-state index is 0.136. The quantitative estimate of drug-likeness (QED) is 0.854. The van der Waals surface area contributed by atoms with Gasteiger partial charge in [-0.2, -0.15) is 5.10 Å². The van der Waals surface area contributed by atoms with Crippen molar-refractivity contribution in [3.63, 3.8) is 0 Å². The molecule has 2 N–H and O–H groups in total. The third-order valence-electron chi connectivity index (χ3n) is 2.98. The Kier molecular flexibility index (Phi) is 4.47. The van der Waals surface area contributed by atoms with Crippen molar-refractivity contribution >= 4 is 11.7 Å². The highest BCUT2D eigenvalue weighted by Crippen LogP contribution is 2.18. The lowest BCUT2D eigenvalue weighted by Gasteiger charge is -2.11. The van der Waals surface area contributed by atoms with Gasteiger partial charge >= 0.3 is 5.97 Å². The molecule has 0 unspecified atom stereocenters. The van der Waals surface area contributed by atoms with Gasteiger partial charge in [0.2, 0.25) is 0 Å². The Morgan fingerprint density at radius 1 is 1.38 bits per heavy atom. The number of hydrogen-bond acceptors (Lipinski definition) is 4. The molecule has 0 atom stereocenters. The Balaban J connectivity index is 2.03. The highest BCUT2D eigenvalue weighted by atomic mass is 16.5. The molecule has 0 bridgehead atoms. The maximum absolute atomic E-state index is 11.1. The van der Waals surface area contributed by atoms with Crippen molar-refractivity contribution in [2.75, 3.05) is 5.32 Å². The molecule has 0 aliphatic rings. The summed E-state index contributed by atoms with van der Waals surface area (Å²) in [5.41, 5.74) is 1.73. The Morgan fingerprint density at radius 3 is 2.62 bits per heavy atom. The number of nitrogens with one attached hydrogen (secondary N) is 1. The van der Waals surface area contributed by atoms with Crippen LogP contribution in [0.25, 0.3) is 0 Å². The van der Waals surface area contributed by atoms with E-state index in [-0.39, 0.29) is 11.7 Å². The highest BCUT2D eigenvalue weighted by molar-refractivity contribution is 5.88. The normalized spacial score (nSPS) is 10.7. The summed E-state index contributed by atoms with van der Waals surface area (Å²) < 4.78 is 7.13. The fraction of sp³-hybridized carbons (Fsp3) is 0.333. The van der Waals surface area contributed by atoms with Gasteiger partial charge < -0.3 is 15.2 Å². The summed E-state index contributed by atoms with van der Waals surface area (Å²) in [5, 5.41) is 16.3. The lowest BCUT2D eigenvalue weighted by Crippen LogP contribution is -2.10. The number of ether oxygens (including phenoxy) is 1. The Labute approximate surface area is 123 Å². The van der Waals surface area contributed by atoms with E-state index in [2.05, 4.69) is 10.4 Å². The van der Waals surface area contributed by atoms with Crippen LogP contribution in [0, 0.1) is 0 Å². The van der Waals surface area contributed by atoms with Gasteiger partial charge in [-0.15, -0.1) is 0 Å². The molecule has 1 heterocycles. The van der Waals surface area contributed by atoms with Gasteiger partial charge in [-0.1, -0.05) is 0 Å². The molecule has 0 fully saturated rings. The number of aromatic carboxylic acids is 1. The van der Waals surface area contributed by atoms with Crippen molar-refractivity contribution in [1.82, 2.24) is 9.78 Å². The number of rotatable bonds is 6. The van der Waals surface area contributed by atoms with Crippen LogP contribution < -0.4 is 10.1 Å². The second kappa shape index (κ2) is 6.30. The monoisotopic (exact) mass is 289 g/mol. The van der Waals surface area contributed by atoms with Gasteiger partial charge in [-0.25, -0.2) is 4.79 Å². The van der Waals surface area contributed by atoms with Gasteiger partial charge in [-0.05, 0) is 38.1 Å². The van der Waals surface area contributed by atoms with Crippen LogP contribution >= 0.6 is 0 Å². The van der Waals surface area contributed by atoms with Crippen molar-refractivity contribution < 1.29 is 14.6 Å². The third-order valence-corrected chi connectivity index (χ3v) is 2.98. The van der Waals surface area contributed by atoms with Gasteiger partial charge in [0.05, 0.1) is 24.5 Å². The van der Waals surface area contributed by atoms with E-state index in [0.717, 1.165) is 11.4 Å². The number of anilines is 1. The summed E-state index contributed by atoms with van der Waals surface area (Å²) in [6.07, 6.45) is 1.50. The predicted molar refractivity (Wildman–Crippen MR) is 79.7 cm³/mol. The maximum atomic E-state index is 11.1. The molecule has 0 amide bonds. The first kappa shape index (κ1) is 14.9. The molecule has 2 aromatic rings. The summed E-state index contributed by atoms with van der Waals surface area (Å²) in [5.74, 6) is -0.164. The lowest BCUT2D eigenvalue weighted by molar-refractivity contribution is 0.0695. The van der Waals surface area contributed by atoms with Crippen LogP contribution in [0.3, 0.4) is 0 Å². The first-order valence-electron chi connectivity index (χ1n) is 6.72. The Bertz CT molecular complexity index is 618. The van der Waals surface area contributed by atoms with E-state index in [4.69, 9.17) is 9.84 Å². The van der Waals surface area contributed by atoms with Crippen LogP contribution in [-0.2, 0) is 13.6 Å². The first-order valence-corrected chi connectivity index (χ1v) is 6.72. The van der Waals surface area contributed by atoms with Gasteiger partial charge in [0.1, 0.15) is 11.3 Å². The molecular weight excluding hydrogens is 270 g/mol. The van der Waals surface area contributed by atoms with E-state index in [0.29, 0.717) is 12.2 Å². The second-order valence-corrected chi connectivity index (χ2v) is 4.98. The summed E-state index contributed by atoms with van der Waals surface area (Å²) in [6.45, 7) is 4.34. The van der Waals surface area contributed by atoms with Crippen molar-refractivity contribution in [1.29, 1.82) is 0 Å². The fourth-order valence-electron chi connectivity index (χ4n) is 1.96. The summed E-state index contributed by atoms with van der Waals surface area (Å²) >= 11 is 0. The van der Waals surface area contributed by atoms with E-state index >= 15 is 0 Å². The molecule has 21 heavy (non-hydrogen) atoms. The molecule has 0 aliphatic carbocycles. The Morgan fingerprint density at radius 2 is 2.05 bits per heavy atom. The van der Waals surface area contributed by atoms with Crippen molar-refractivity contribution in [2.24, 2.45) is 7.05 Å². The van der Waals surface area contributed by atoms with Crippen LogP contribution in [0.4, 0.5) is 5.69 Å². The molecule has 1 aromatic carbocycles. The fourth-order valence-corrected chi connectivity index (χ4v) is 1.96. The summed E-state index contributed by atoms with van der Waals surface area (Å²) in [4.78, 5) is 11.1. The smallest absolute Gasteiger partial charge is 0.339 e. The number of carbonyl (C=O) groups is 1. The van der Waals surface area contributed by atoms with Crippen molar-refractivity contribution in [2.45, 2.75) is 26.5 Å². The SMILES string of the molecule is CC(C)Oc1ccc(NCc2c(C(=O)O)cnn2C)cc1. The average Bonchev–Trinajstić information content (AvgIpc) is 2.79. The van der Waals surface area contributed by atoms with Gasteiger partial charge in [-0.3, -0.25) is 4.68 Å². The zero-order valence-corrected chi connectivity index (χ0v) is 12.3. The van der Waals surface area contributed by atoms with Crippen LogP contribution in [0.5, 0.6) is 5.75 Å². The molecule has 2 rings (SSSR count). The second-order valence-electron chi connectivity index (χ2n) is 4.98. The zero-order chi connectivity index (χ0) is 15.4. The number of carboxylic acids is 1. The zero-order valence-electron chi connectivity index (χ0n) is 12.3.